The van der Waals surface area contributed by atoms with Crippen molar-refractivity contribution in [2.24, 2.45) is 0 Å². The van der Waals surface area contributed by atoms with Gasteiger partial charge in [-0.05, 0) is 49.6 Å². The lowest BCUT2D eigenvalue weighted by Crippen LogP contribution is -2.38. The molecule has 3 rings (SSSR count). The lowest BCUT2D eigenvalue weighted by atomic mass is 10.0. The minimum atomic E-state index is -3.44. The first kappa shape index (κ1) is 20.9. The number of rotatable bonds is 5. The van der Waals surface area contributed by atoms with Gasteiger partial charge in [0.15, 0.2) is 0 Å². The average Bonchev–Trinajstić information content (AvgIpc) is 3.10. The number of nitrogens with one attached hydrogen (secondary N) is 2. The number of carbonyl (C=O) groups is 2. The van der Waals surface area contributed by atoms with Crippen molar-refractivity contribution in [3.63, 3.8) is 0 Å². The van der Waals surface area contributed by atoms with E-state index in [2.05, 4.69) is 10.6 Å². The monoisotopic (exact) mass is 421 g/mol. The molecule has 0 spiro atoms. The first-order valence-corrected chi connectivity index (χ1v) is 10.9. The molecule has 1 aliphatic rings. The van der Waals surface area contributed by atoms with Gasteiger partial charge in [0.2, 0.25) is 10.0 Å². The molecule has 1 unspecified atom stereocenters. The predicted molar refractivity (Wildman–Crippen MR) is 107 cm³/mol. The van der Waals surface area contributed by atoms with Crippen LogP contribution < -0.4 is 14.9 Å². The van der Waals surface area contributed by atoms with Gasteiger partial charge in [0, 0.05) is 12.2 Å². The summed E-state index contributed by atoms with van der Waals surface area (Å²) in [6, 6.07) is 8.18. The Kier molecular flexibility index (Phi) is 5.94. The Morgan fingerprint density at radius 2 is 2.00 bits per heavy atom. The minimum Gasteiger partial charge on any atom is -0.464 e. The van der Waals surface area contributed by atoms with E-state index in [0.29, 0.717) is 35.9 Å². The molecular weight excluding hydrogens is 398 g/mol. The molecule has 9 nitrogen and oxygen atoms in total. The highest BCUT2D eigenvalue weighted by Gasteiger charge is 2.25. The number of nitrogens with zero attached hydrogens (tertiary/aromatic N) is 1. The Labute approximate surface area is 168 Å². The second-order valence-corrected chi connectivity index (χ2v) is 8.82. The maximum Gasteiger partial charge on any atom is 0.313 e. The fourth-order valence-corrected chi connectivity index (χ4v) is 4.14. The Morgan fingerprint density at radius 1 is 1.24 bits per heavy atom. The molecule has 0 radical (unpaired) electrons. The van der Waals surface area contributed by atoms with Crippen LogP contribution in [0.1, 0.15) is 29.6 Å². The molecule has 29 heavy (non-hydrogen) atoms. The normalized spacial score (nSPS) is 14.8. The van der Waals surface area contributed by atoms with E-state index < -0.39 is 27.9 Å². The lowest BCUT2D eigenvalue weighted by molar-refractivity contribution is -0.136. The molecule has 2 amide bonds. The molecule has 156 valence electrons. The van der Waals surface area contributed by atoms with Crippen LogP contribution >= 0.6 is 0 Å². The van der Waals surface area contributed by atoms with E-state index in [1.165, 1.54) is 4.31 Å². The molecule has 0 bridgehead atoms. The first-order valence-electron chi connectivity index (χ1n) is 9.09. The van der Waals surface area contributed by atoms with Gasteiger partial charge in [0.25, 0.3) is 0 Å². The zero-order valence-electron chi connectivity index (χ0n) is 16.1. The number of amides is 2. The van der Waals surface area contributed by atoms with Crippen LogP contribution in [0.3, 0.4) is 0 Å². The van der Waals surface area contributed by atoms with Crippen LogP contribution in [0.15, 0.2) is 34.7 Å². The standard InChI is InChI=1S/C19H23N3O6S/c1-12-5-8-17(28-12)16(23)11-20-18(24)19(25)21-14-7-6-13-4-3-9-22(15(13)10-14)29(2,26)27/h5-8,10,16,23H,3-4,9,11H2,1-2H3,(H,20,24)(H,21,25). The van der Waals surface area contributed by atoms with Crippen LogP contribution in [-0.2, 0) is 26.0 Å². The van der Waals surface area contributed by atoms with Gasteiger partial charge in [-0.25, -0.2) is 8.42 Å². The molecule has 0 saturated heterocycles. The molecule has 0 aliphatic carbocycles. The molecular formula is C19H23N3O6S. The molecule has 1 aromatic heterocycles. The molecule has 1 atom stereocenters. The van der Waals surface area contributed by atoms with Crippen molar-refractivity contribution in [3.05, 3.63) is 47.4 Å². The van der Waals surface area contributed by atoms with Crippen molar-refractivity contribution in [2.45, 2.75) is 25.9 Å². The van der Waals surface area contributed by atoms with E-state index in [-0.39, 0.29) is 6.54 Å². The predicted octanol–water partition coefficient (Wildman–Crippen LogP) is 1.09. The molecule has 0 fully saturated rings. The van der Waals surface area contributed by atoms with E-state index >= 15 is 0 Å². The number of benzene rings is 1. The van der Waals surface area contributed by atoms with Gasteiger partial charge in [-0.3, -0.25) is 13.9 Å². The lowest BCUT2D eigenvalue weighted by Gasteiger charge is -2.29. The van der Waals surface area contributed by atoms with E-state index in [4.69, 9.17) is 4.42 Å². The number of furan rings is 1. The summed E-state index contributed by atoms with van der Waals surface area (Å²) >= 11 is 0. The molecule has 0 saturated carbocycles. The molecule has 3 N–H and O–H groups in total. The van der Waals surface area contributed by atoms with Crippen molar-refractivity contribution >= 4 is 33.2 Å². The van der Waals surface area contributed by atoms with Gasteiger partial charge in [-0.2, -0.15) is 0 Å². The van der Waals surface area contributed by atoms with Gasteiger partial charge in [0.05, 0.1) is 18.5 Å². The number of hydrogen-bond acceptors (Lipinski definition) is 6. The van der Waals surface area contributed by atoms with Crippen molar-refractivity contribution in [3.8, 4) is 0 Å². The number of hydrogen-bond donors (Lipinski definition) is 3. The first-order chi connectivity index (χ1) is 13.6. The van der Waals surface area contributed by atoms with Crippen LogP contribution in [0.5, 0.6) is 0 Å². The molecule has 1 aromatic carbocycles. The van der Waals surface area contributed by atoms with Gasteiger partial charge in [-0.1, -0.05) is 6.07 Å². The van der Waals surface area contributed by atoms with E-state index in [1.54, 1.807) is 37.3 Å². The van der Waals surface area contributed by atoms with Gasteiger partial charge in [0.1, 0.15) is 17.6 Å². The topological polar surface area (TPSA) is 129 Å². The number of anilines is 2. The van der Waals surface area contributed by atoms with Crippen molar-refractivity contribution < 1.29 is 27.5 Å². The van der Waals surface area contributed by atoms with Crippen LogP contribution in [0.2, 0.25) is 0 Å². The highest BCUT2D eigenvalue weighted by Crippen LogP contribution is 2.31. The zero-order chi connectivity index (χ0) is 21.2. The Balaban J connectivity index is 1.64. The number of carbonyl (C=O) groups excluding carboxylic acids is 2. The van der Waals surface area contributed by atoms with Crippen LogP contribution in [0, 0.1) is 6.92 Å². The minimum absolute atomic E-state index is 0.189. The Bertz CT molecular complexity index is 1030. The second-order valence-electron chi connectivity index (χ2n) is 6.91. The summed E-state index contributed by atoms with van der Waals surface area (Å²) in [4.78, 5) is 24.2. The SMILES string of the molecule is Cc1ccc(C(O)CNC(=O)C(=O)Nc2ccc3c(c2)N(S(C)(=O)=O)CCC3)o1. The highest BCUT2D eigenvalue weighted by molar-refractivity contribution is 7.92. The fourth-order valence-electron chi connectivity index (χ4n) is 3.15. The van der Waals surface area contributed by atoms with Gasteiger partial charge >= 0.3 is 11.8 Å². The van der Waals surface area contributed by atoms with E-state index in [0.717, 1.165) is 18.2 Å². The number of aryl methyl sites for hydroxylation is 2. The van der Waals surface area contributed by atoms with Crippen LogP contribution in [0.4, 0.5) is 11.4 Å². The highest BCUT2D eigenvalue weighted by atomic mass is 32.2. The number of sulfonamides is 1. The Morgan fingerprint density at radius 3 is 2.66 bits per heavy atom. The molecule has 2 heterocycles. The molecule has 10 heteroatoms. The summed E-state index contributed by atoms with van der Waals surface area (Å²) in [7, 11) is -3.44. The summed E-state index contributed by atoms with van der Waals surface area (Å²) in [5.41, 5.74) is 1.67. The number of fused-ring (bicyclic) bond motifs is 1. The third-order valence-corrected chi connectivity index (χ3v) is 5.75. The largest absolute Gasteiger partial charge is 0.464 e. The molecule has 1 aliphatic heterocycles. The summed E-state index contributed by atoms with van der Waals surface area (Å²) in [6.45, 7) is 1.91. The summed E-state index contributed by atoms with van der Waals surface area (Å²) in [5.74, 6) is -0.933. The molecule has 2 aromatic rings. The van der Waals surface area contributed by atoms with Gasteiger partial charge < -0.3 is 20.2 Å². The maximum atomic E-state index is 12.2. The number of aliphatic hydroxyl groups is 1. The van der Waals surface area contributed by atoms with Crippen molar-refractivity contribution in [2.75, 3.05) is 29.0 Å². The van der Waals surface area contributed by atoms with Crippen molar-refractivity contribution in [1.29, 1.82) is 0 Å². The van der Waals surface area contributed by atoms with Gasteiger partial charge in [-0.15, -0.1) is 0 Å². The quantitative estimate of drug-likeness (QED) is 0.620. The Hall–Kier alpha value is -2.85. The second kappa shape index (κ2) is 8.26. The summed E-state index contributed by atoms with van der Waals surface area (Å²) < 4.78 is 30.6. The maximum absolute atomic E-state index is 12.2. The van der Waals surface area contributed by atoms with Crippen LogP contribution in [0.25, 0.3) is 0 Å². The fraction of sp³-hybridized carbons (Fsp3) is 0.368. The van der Waals surface area contributed by atoms with Crippen LogP contribution in [-0.4, -0.2) is 44.7 Å². The van der Waals surface area contributed by atoms with E-state index in [9.17, 15) is 23.1 Å². The third-order valence-electron chi connectivity index (χ3n) is 4.57. The zero-order valence-corrected chi connectivity index (χ0v) is 17.0. The van der Waals surface area contributed by atoms with Crippen molar-refractivity contribution in [1.82, 2.24) is 5.32 Å². The summed E-state index contributed by atoms with van der Waals surface area (Å²) in [5, 5.41) is 14.8. The number of aliphatic hydroxyl groups excluding tert-OH is 1. The average molecular weight is 421 g/mol. The van der Waals surface area contributed by atoms with E-state index in [1.807, 2.05) is 0 Å². The summed E-state index contributed by atoms with van der Waals surface area (Å²) in [6.07, 6.45) is 1.51. The third kappa shape index (κ3) is 4.96. The smallest absolute Gasteiger partial charge is 0.313 e.